The molecule has 29 heavy (non-hydrogen) atoms. The smallest absolute Gasteiger partial charge is 0.119 e. The summed E-state index contributed by atoms with van der Waals surface area (Å²) in [6.45, 7) is 11.4. The van der Waals surface area contributed by atoms with Gasteiger partial charge in [-0.1, -0.05) is 64.8 Å². The van der Waals surface area contributed by atoms with E-state index in [9.17, 15) is 0 Å². The van der Waals surface area contributed by atoms with E-state index in [1.54, 1.807) is 0 Å². The van der Waals surface area contributed by atoms with Crippen LogP contribution in [0.4, 0.5) is 0 Å². The molecule has 2 saturated heterocycles. The Morgan fingerprint density at radius 3 is 1.24 bits per heavy atom. The fraction of sp³-hybridized carbons (Fsp3) is 0.520. The highest BCUT2D eigenvalue weighted by Crippen LogP contribution is 2.20. The minimum Gasteiger partial charge on any atom is -0.491 e. The van der Waals surface area contributed by atoms with E-state index >= 15 is 0 Å². The molecule has 2 aliphatic rings. The van der Waals surface area contributed by atoms with Gasteiger partial charge in [-0.2, -0.15) is 0 Å². The Morgan fingerprint density at radius 2 is 0.966 bits per heavy atom. The van der Waals surface area contributed by atoms with Gasteiger partial charge in [0, 0.05) is 0 Å². The number of ether oxygens (including phenoxy) is 4. The van der Waals surface area contributed by atoms with Crippen molar-refractivity contribution in [2.45, 2.75) is 59.2 Å². The highest BCUT2D eigenvalue weighted by Gasteiger charge is 2.23. The fourth-order valence-electron chi connectivity index (χ4n) is 2.35. The number of epoxide rings is 2. The van der Waals surface area contributed by atoms with E-state index in [1.165, 1.54) is 24.0 Å². The lowest BCUT2D eigenvalue weighted by atomic mass is 10.0. The minimum absolute atomic E-state index is 0.293. The van der Waals surface area contributed by atoms with Crippen molar-refractivity contribution in [2.24, 2.45) is 0 Å². The second-order valence-corrected chi connectivity index (χ2v) is 7.41. The molecule has 0 radical (unpaired) electrons. The zero-order valence-electron chi connectivity index (χ0n) is 18.4. The summed E-state index contributed by atoms with van der Waals surface area (Å²) >= 11 is 0. The molecule has 4 heteroatoms. The highest BCUT2D eigenvalue weighted by atomic mass is 16.6. The Bertz CT molecular complexity index is 599. The topological polar surface area (TPSA) is 43.5 Å². The van der Waals surface area contributed by atoms with Gasteiger partial charge in [-0.15, -0.1) is 0 Å². The Morgan fingerprint density at radius 1 is 0.655 bits per heavy atom. The van der Waals surface area contributed by atoms with Gasteiger partial charge in [-0.3, -0.25) is 0 Å². The maximum Gasteiger partial charge on any atom is 0.119 e. The van der Waals surface area contributed by atoms with E-state index < -0.39 is 0 Å². The van der Waals surface area contributed by atoms with Crippen molar-refractivity contribution in [3.8, 4) is 11.5 Å². The lowest BCUT2D eigenvalue weighted by molar-refractivity contribution is 0.263. The van der Waals surface area contributed by atoms with E-state index in [0.717, 1.165) is 31.1 Å². The van der Waals surface area contributed by atoms with Crippen molar-refractivity contribution in [1.29, 1.82) is 0 Å². The molecular formula is C25H36O4. The molecule has 2 aromatic rings. The molecule has 4 rings (SSSR count). The van der Waals surface area contributed by atoms with Crippen LogP contribution in [0.5, 0.6) is 11.5 Å². The number of hydrogen-bond donors (Lipinski definition) is 0. The van der Waals surface area contributed by atoms with E-state index in [1.807, 2.05) is 24.3 Å². The van der Waals surface area contributed by atoms with Gasteiger partial charge in [0.2, 0.25) is 0 Å². The van der Waals surface area contributed by atoms with Crippen LogP contribution in [0.25, 0.3) is 0 Å². The average Bonchev–Trinajstić information content (AvgIpc) is 3.64. The molecular weight excluding hydrogens is 364 g/mol. The van der Waals surface area contributed by atoms with Crippen molar-refractivity contribution in [1.82, 2.24) is 0 Å². The van der Waals surface area contributed by atoms with Crippen molar-refractivity contribution >= 4 is 0 Å². The molecule has 0 bridgehead atoms. The molecule has 0 aromatic heterocycles. The van der Waals surface area contributed by atoms with Crippen LogP contribution < -0.4 is 9.47 Å². The first-order valence-corrected chi connectivity index (χ1v) is 10.8. The van der Waals surface area contributed by atoms with Crippen molar-refractivity contribution in [2.75, 3.05) is 26.4 Å². The fourth-order valence-corrected chi connectivity index (χ4v) is 2.35. The second-order valence-electron chi connectivity index (χ2n) is 7.41. The van der Waals surface area contributed by atoms with Crippen molar-refractivity contribution in [3.63, 3.8) is 0 Å². The third kappa shape index (κ3) is 10.3. The Balaban J connectivity index is 0.000000449. The van der Waals surface area contributed by atoms with Crippen LogP contribution in [0.1, 0.15) is 51.7 Å². The summed E-state index contributed by atoms with van der Waals surface area (Å²) < 4.78 is 21.6. The van der Waals surface area contributed by atoms with E-state index in [-0.39, 0.29) is 0 Å². The van der Waals surface area contributed by atoms with Crippen LogP contribution in [-0.2, 0) is 15.9 Å². The van der Waals surface area contributed by atoms with E-state index in [0.29, 0.717) is 25.4 Å². The number of benzene rings is 2. The predicted molar refractivity (Wildman–Crippen MR) is 118 cm³/mol. The Labute approximate surface area is 176 Å². The Hall–Kier alpha value is -2.04. The van der Waals surface area contributed by atoms with Crippen LogP contribution in [0.3, 0.4) is 0 Å². The van der Waals surface area contributed by atoms with Gasteiger partial charge in [0.1, 0.15) is 36.9 Å². The third-order valence-corrected chi connectivity index (χ3v) is 3.93. The molecule has 2 aliphatic heterocycles. The lowest BCUT2D eigenvalue weighted by Gasteiger charge is -2.07. The summed E-state index contributed by atoms with van der Waals surface area (Å²) in [6.07, 6.45) is 3.99. The molecule has 0 amide bonds. The molecule has 0 N–H and O–H groups in total. The van der Waals surface area contributed by atoms with E-state index in [4.69, 9.17) is 18.9 Å². The SMILES string of the molecule is CCC.CCC.c1cc(OCC2CO2)ccc1Cc1ccc(OCC2CO2)cc1. The minimum atomic E-state index is 0.293. The van der Waals surface area contributed by atoms with Gasteiger partial charge in [0.15, 0.2) is 0 Å². The van der Waals surface area contributed by atoms with Gasteiger partial charge in [0.25, 0.3) is 0 Å². The molecule has 0 saturated carbocycles. The van der Waals surface area contributed by atoms with Gasteiger partial charge < -0.3 is 18.9 Å². The molecule has 2 heterocycles. The summed E-state index contributed by atoms with van der Waals surface area (Å²) in [7, 11) is 0. The van der Waals surface area contributed by atoms with Crippen molar-refractivity contribution < 1.29 is 18.9 Å². The predicted octanol–water partition coefficient (Wildman–Crippen LogP) is 5.67. The zero-order chi connectivity index (χ0) is 20.9. The Kier molecular flexibility index (Phi) is 10.6. The second kappa shape index (κ2) is 13.2. The largest absolute Gasteiger partial charge is 0.491 e. The molecule has 2 atom stereocenters. The van der Waals surface area contributed by atoms with Crippen LogP contribution >= 0.6 is 0 Å². The van der Waals surface area contributed by atoms with E-state index in [2.05, 4.69) is 52.0 Å². The van der Waals surface area contributed by atoms with Crippen LogP contribution in [0, 0.1) is 0 Å². The van der Waals surface area contributed by atoms with Gasteiger partial charge in [0.05, 0.1) is 13.2 Å². The molecule has 2 aromatic carbocycles. The molecule has 0 spiro atoms. The first-order valence-electron chi connectivity index (χ1n) is 10.8. The van der Waals surface area contributed by atoms with Crippen LogP contribution in [0.2, 0.25) is 0 Å². The molecule has 2 unspecified atom stereocenters. The van der Waals surface area contributed by atoms with Gasteiger partial charge in [-0.05, 0) is 41.8 Å². The van der Waals surface area contributed by atoms with Gasteiger partial charge >= 0.3 is 0 Å². The third-order valence-electron chi connectivity index (χ3n) is 3.93. The molecule has 4 nitrogen and oxygen atoms in total. The lowest BCUT2D eigenvalue weighted by Crippen LogP contribution is -2.04. The maximum atomic E-state index is 5.65. The van der Waals surface area contributed by atoms with Crippen molar-refractivity contribution in [3.05, 3.63) is 59.7 Å². The van der Waals surface area contributed by atoms with Crippen LogP contribution in [-0.4, -0.2) is 38.6 Å². The maximum absolute atomic E-state index is 5.65. The molecule has 0 aliphatic carbocycles. The summed E-state index contributed by atoms with van der Waals surface area (Å²) in [6, 6.07) is 16.5. The summed E-state index contributed by atoms with van der Waals surface area (Å²) in [5.41, 5.74) is 2.53. The summed E-state index contributed by atoms with van der Waals surface area (Å²) in [4.78, 5) is 0. The average molecular weight is 401 g/mol. The highest BCUT2D eigenvalue weighted by molar-refractivity contribution is 5.34. The zero-order valence-corrected chi connectivity index (χ0v) is 18.4. The summed E-state index contributed by atoms with van der Waals surface area (Å²) in [5.74, 6) is 1.80. The standard InChI is InChI=1S/C19H20O4.2C3H8/c1-5-16(20-10-18-12-22-18)6-2-14(1)9-15-3-7-17(8-4-15)21-11-19-13-23-19;2*1-3-2/h1-8,18-19H,9-13H2;2*3H2,1-2H3. The molecule has 160 valence electrons. The normalized spacial score (nSPS) is 18.5. The van der Waals surface area contributed by atoms with Gasteiger partial charge in [-0.25, -0.2) is 0 Å². The number of rotatable bonds is 8. The van der Waals surface area contributed by atoms with Crippen LogP contribution in [0.15, 0.2) is 48.5 Å². The molecule has 2 fully saturated rings. The quantitative estimate of drug-likeness (QED) is 0.536. The first-order chi connectivity index (χ1) is 14.2. The summed E-state index contributed by atoms with van der Waals surface area (Å²) in [5, 5.41) is 0. The monoisotopic (exact) mass is 400 g/mol. The first kappa shape index (κ1) is 23.2. The number of hydrogen-bond acceptors (Lipinski definition) is 4.